The predicted molar refractivity (Wildman–Crippen MR) is 75.3 cm³/mol. The largest absolute Gasteiger partial charge is 0.494 e. The van der Waals surface area contributed by atoms with E-state index < -0.39 is 49.1 Å². The Hall–Kier alpha value is -1.80. The summed E-state index contributed by atoms with van der Waals surface area (Å²) in [5, 5.41) is 10.5. The number of hydrogen-bond acceptors (Lipinski definition) is 5. The normalized spacial score (nSPS) is 28.7. The SMILES string of the molecule is [3H]c1c(F)c([3H])c(-c2nnnn2[3H])c([3H])c1B1OC(C)(C)C(C)(C([3H])[3H])O1. The molecule has 1 unspecified atom stereocenters. The number of benzene rings is 1. The van der Waals surface area contributed by atoms with Gasteiger partial charge in [-0.05, 0) is 55.6 Å². The van der Waals surface area contributed by atoms with Crippen molar-refractivity contribution in [2.75, 3.05) is 0 Å². The van der Waals surface area contributed by atoms with Crippen molar-refractivity contribution < 1.29 is 22.0 Å². The molecular weight excluding hydrogens is 274 g/mol. The standard InChI is InChI=1S/C13H16BFN4O2/c1-12(2)13(3,4)21-14(20-12)9-5-8(6-10(15)7-9)11-16-18-19-17-11/h5-7H,1-4H3,(H,16,17,18,19)/i1T2,5T,6T,7T/hT. The minimum atomic E-state index is -1.46. The van der Waals surface area contributed by atoms with Crippen molar-refractivity contribution in [2.24, 2.45) is 0 Å². The van der Waals surface area contributed by atoms with Crippen LogP contribution in [0.15, 0.2) is 18.1 Å². The molecule has 0 amide bonds. The molecule has 1 atom stereocenters. The number of tetrazole rings is 1. The van der Waals surface area contributed by atoms with E-state index in [1.54, 1.807) is 13.8 Å². The topological polar surface area (TPSA) is 72.9 Å². The molecule has 0 aliphatic carbocycles. The van der Waals surface area contributed by atoms with Crippen LogP contribution in [0.1, 0.15) is 34.5 Å². The Labute approximate surface area is 130 Å². The number of aromatic amines is 1. The number of nitrogens with one attached hydrogen (secondary N) is 1. The van der Waals surface area contributed by atoms with Gasteiger partial charge in [-0.25, -0.2) is 9.48 Å². The molecule has 1 aliphatic heterocycles. The van der Waals surface area contributed by atoms with Crippen LogP contribution >= 0.6 is 0 Å². The van der Waals surface area contributed by atoms with Crippen molar-refractivity contribution in [1.82, 2.24) is 20.6 Å². The van der Waals surface area contributed by atoms with Gasteiger partial charge in [0.25, 0.3) is 0 Å². The first kappa shape index (κ1) is 8.60. The average molecular weight is 302 g/mol. The molecule has 1 aliphatic rings. The van der Waals surface area contributed by atoms with E-state index in [1.807, 2.05) is 0 Å². The molecule has 0 spiro atoms. The summed E-state index contributed by atoms with van der Waals surface area (Å²) in [4.78, 5) is 0. The fraction of sp³-hybridized carbons (Fsp3) is 0.462. The summed E-state index contributed by atoms with van der Waals surface area (Å²) in [6, 6.07) is -2.06. The quantitative estimate of drug-likeness (QED) is 0.847. The lowest BCUT2D eigenvalue weighted by atomic mass is 9.78. The van der Waals surface area contributed by atoms with Gasteiger partial charge in [-0.15, -0.1) is 5.10 Å². The van der Waals surface area contributed by atoms with Gasteiger partial charge in [0, 0.05) is 8.30 Å². The second kappa shape index (κ2) is 4.61. The van der Waals surface area contributed by atoms with E-state index in [1.165, 1.54) is 6.92 Å². The molecule has 6 nitrogen and oxygen atoms in total. The lowest BCUT2D eigenvalue weighted by Crippen LogP contribution is -2.41. The van der Waals surface area contributed by atoms with Crippen molar-refractivity contribution in [3.05, 3.63) is 23.9 Å². The Bertz CT molecular complexity index is 913. The molecule has 1 N–H and O–H groups in total. The highest BCUT2D eigenvalue weighted by Crippen LogP contribution is 2.36. The van der Waals surface area contributed by atoms with Crippen LogP contribution in [0.2, 0.25) is 1.41 Å². The summed E-state index contributed by atoms with van der Waals surface area (Å²) in [5.74, 6) is -1.59. The lowest BCUT2D eigenvalue weighted by molar-refractivity contribution is 0.00578. The zero-order chi connectivity index (χ0) is 20.3. The summed E-state index contributed by atoms with van der Waals surface area (Å²) in [5.41, 5.74) is -3.26. The number of aromatic nitrogens is 4. The molecule has 2 heterocycles. The summed E-state index contributed by atoms with van der Waals surface area (Å²) >= 11 is 0. The van der Waals surface area contributed by atoms with Crippen molar-refractivity contribution in [1.29, 1.82) is 0 Å². The average Bonchev–Trinajstić information content (AvgIpc) is 3.08. The fourth-order valence-electron chi connectivity index (χ4n) is 1.82. The van der Waals surface area contributed by atoms with E-state index in [4.69, 9.17) is 17.6 Å². The van der Waals surface area contributed by atoms with Gasteiger partial charge >= 0.3 is 7.12 Å². The van der Waals surface area contributed by atoms with Gasteiger partial charge in [0.05, 0.1) is 15.3 Å². The molecule has 110 valence electrons. The number of halogens is 1. The highest BCUT2D eigenvalue weighted by atomic mass is 19.1. The minimum Gasteiger partial charge on any atom is -0.399 e. The van der Waals surface area contributed by atoms with E-state index >= 15 is 0 Å². The third kappa shape index (κ3) is 2.45. The highest BCUT2D eigenvalue weighted by Gasteiger charge is 2.51. The van der Waals surface area contributed by atoms with Crippen LogP contribution in [0.25, 0.3) is 11.4 Å². The Morgan fingerprint density at radius 3 is 2.71 bits per heavy atom. The van der Waals surface area contributed by atoms with Crippen molar-refractivity contribution in [3.63, 3.8) is 0 Å². The molecule has 1 aromatic heterocycles. The molecule has 0 radical (unpaired) electrons. The first-order chi connectivity index (χ1) is 12.4. The van der Waals surface area contributed by atoms with Crippen LogP contribution in [0, 0.1) is 5.82 Å². The highest BCUT2D eigenvalue weighted by molar-refractivity contribution is 6.62. The van der Waals surface area contributed by atoms with E-state index in [0.717, 1.165) is 0 Å². The Balaban J connectivity index is 2.21. The van der Waals surface area contributed by atoms with E-state index in [0.29, 0.717) is 5.09 Å². The van der Waals surface area contributed by atoms with Crippen LogP contribution in [-0.4, -0.2) is 38.9 Å². The summed E-state index contributed by atoms with van der Waals surface area (Å²) in [6.45, 7) is 3.22. The van der Waals surface area contributed by atoms with Gasteiger partial charge in [0.15, 0.2) is 7.24 Å². The van der Waals surface area contributed by atoms with Gasteiger partial charge in [0.2, 0.25) is 0 Å². The monoisotopic (exact) mass is 302 g/mol. The first-order valence-electron chi connectivity index (χ1n) is 9.30. The third-order valence-corrected chi connectivity index (χ3v) is 3.47. The molecule has 21 heavy (non-hydrogen) atoms. The number of nitrogens with zero attached hydrogens (tertiary/aromatic N) is 3. The predicted octanol–water partition coefficient (Wildman–Crippen LogP) is 1.30. The molecule has 0 bridgehead atoms. The van der Waals surface area contributed by atoms with Gasteiger partial charge in [-0.3, -0.25) is 0 Å². The Morgan fingerprint density at radius 2 is 2.10 bits per heavy atom. The second-order valence-corrected chi connectivity index (χ2v) is 5.37. The lowest BCUT2D eigenvalue weighted by Gasteiger charge is -2.32. The maximum Gasteiger partial charge on any atom is 0.494 e. The van der Waals surface area contributed by atoms with Gasteiger partial charge < -0.3 is 9.31 Å². The van der Waals surface area contributed by atoms with E-state index in [2.05, 4.69) is 15.5 Å². The van der Waals surface area contributed by atoms with Gasteiger partial charge in [-0.2, -0.15) is 0 Å². The molecule has 1 aromatic carbocycles. The third-order valence-electron chi connectivity index (χ3n) is 3.47. The maximum absolute atomic E-state index is 14.6. The molecule has 0 saturated carbocycles. The zero-order valence-electron chi connectivity index (χ0n) is 17.6. The Morgan fingerprint density at radius 1 is 1.33 bits per heavy atom. The van der Waals surface area contributed by atoms with Crippen molar-refractivity contribution in [3.8, 4) is 11.4 Å². The Kier molecular flexibility index (Phi) is 1.89. The van der Waals surface area contributed by atoms with Crippen LogP contribution in [0.5, 0.6) is 0 Å². The first-order valence-corrected chi connectivity index (χ1v) is 6.19. The molecule has 8 heteroatoms. The van der Waals surface area contributed by atoms with Gasteiger partial charge in [-0.1, -0.05) is 6.04 Å². The molecular formula is C13H16BFN4O2. The fourth-order valence-corrected chi connectivity index (χ4v) is 1.82. The smallest absolute Gasteiger partial charge is 0.399 e. The molecule has 3 rings (SSSR count). The number of rotatable bonds is 2. The van der Waals surface area contributed by atoms with Crippen LogP contribution in [0.4, 0.5) is 4.39 Å². The minimum absolute atomic E-state index is 0.320. The van der Waals surface area contributed by atoms with Crippen molar-refractivity contribution in [2.45, 2.75) is 38.8 Å². The van der Waals surface area contributed by atoms with E-state index in [-0.39, 0.29) is 16.9 Å². The van der Waals surface area contributed by atoms with Crippen molar-refractivity contribution >= 4 is 12.6 Å². The molecule has 2 aromatic rings. The summed E-state index contributed by atoms with van der Waals surface area (Å²) < 4.78 is 73.4. The number of H-pyrrole nitrogens is 1. The maximum atomic E-state index is 14.6. The van der Waals surface area contributed by atoms with Crippen LogP contribution in [-0.2, 0) is 9.31 Å². The van der Waals surface area contributed by atoms with Gasteiger partial charge in [0.1, 0.15) is 5.82 Å². The molecule has 1 saturated heterocycles. The van der Waals surface area contributed by atoms with Crippen LogP contribution in [0.3, 0.4) is 0 Å². The summed E-state index contributed by atoms with van der Waals surface area (Å²) in [7, 11) is -1.41. The number of hydrogen-bond donors (Lipinski definition) is 1. The zero-order valence-corrected chi connectivity index (χ0v) is 11.6. The second-order valence-electron chi connectivity index (χ2n) is 5.37. The molecule has 1 fully saturated rings. The summed E-state index contributed by atoms with van der Waals surface area (Å²) in [6.07, 6.45) is 0. The van der Waals surface area contributed by atoms with Crippen LogP contribution < -0.4 is 5.46 Å². The van der Waals surface area contributed by atoms with E-state index in [9.17, 15) is 4.39 Å².